The molecule has 0 fully saturated rings. The Hall–Kier alpha value is -3.09. The van der Waals surface area contributed by atoms with Gasteiger partial charge in [0.1, 0.15) is 0 Å². The second-order valence-electron chi connectivity index (χ2n) is 7.91. The Balaban J connectivity index is 1.97. The molecule has 3 aromatic rings. The van der Waals surface area contributed by atoms with E-state index >= 15 is 0 Å². The van der Waals surface area contributed by atoms with E-state index in [4.69, 9.17) is 4.98 Å². The van der Waals surface area contributed by atoms with E-state index in [-0.39, 0.29) is 11.2 Å². The number of nitrogens with zero attached hydrogens (tertiary/aromatic N) is 5. The van der Waals surface area contributed by atoms with Gasteiger partial charge in [0, 0.05) is 27.2 Å². The van der Waals surface area contributed by atoms with Crippen LogP contribution >= 0.6 is 0 Å². The lowest BCUT2D eigenvalue weighted by Gasteiger charge is -2.22. The first-order valence-electron chi connectivity index (χ1n) is 10.00. The zero-order valence-corrected chi connectivity index (χ0v) is 17.5. The van der Waals surface area contributed by atoms with Gasteiger partial charge in [-0.2, -0.15) is 4.98 Å². The Morgan fingerprint density at radius 1 is 0.931 bits per heavy atom. The van der Waals surface area contributed by atoms with Crippen molar-refractivity contribution < 1.29 is 0 Å². The lowest BCUT2D eigenvalue weighted by Crippen LogP contribution is -2.37. The van der Waals surface area contributed by atoms with E-state index in [2.05, 4.69) is 49.1 Å². The van der Waals surface area contributed by atoms with Gasteiger partial charge in [0.15, 0.2) is 11.2 Å². The van der Waals surface area contributed by atoms with Gasteiger partial charge in [-0.1, -0.05) is 41.5 Å². The zero-order valence-electron chi connectivity index (χ0n) is 17.5. The van der Waals surface area contributed by atoms with Crippen LogP contribution in [0.4, 0.5) is 5.95 Å². The molecular formula is C22H27N5O2. The minimum absolute atomic E-state index is 0.306. The third-order valence-corrected chi connectivity index (χ3v) is 5.53. The minimum atomic E-state index is -0.359. The number of hydrogen-bond donors (Lipinski definition) is 0. The number of rotatable bonds is 3. The van der Waals surface area contributed by atoms with Gasteiger partial charge in [0.25, 0.3) is 5.56 Å². The van der Waals surface area contributed by atoms with Gasteiger partial charge in [-0.25, -0.2) is 4.79 Å². The second-order valence-corrected chi connectivity index (χ2v) is 7.91. The van der Waals surface area contributed by atoms with Gasteiger partial charge in [-0.3, -0.25) is 18.5 Å². The van der Waals surface area contributed by atoms with E-state index in [0.717, 1.165) is 42.0 Å². The van der Waals surface area contributed by atoms with Crippen LogP contribution < -0.4 is 16.1 Å². The van der Waals surface area contributed by atoms with Gasteiger partial charge in [0.05, 0.1) is 6.54 Å². The third kappa shape index (κ3) is 3.41. The Kier molecular flexibility index (Phi) is 4.90. The molecular weight excluding hydrogens is 366 g/mol. The molecule has 0 spiro atoms. The summed E-state index contributed by atoms with van der Waals surface area (Å²) < 4.78 is 4.61. The van der Waals surface area contributed by atoms with Crippen molar-refractivity contribution >= 4 is 17.1 Å². The summed E-state index contributed by atoms with van der Waals surface area (Å²) in [5, 5.41) is 0. The molecule has 29 heavy (non-hydrogen) atoms. The van der Waals surface area contributed by atoms with E-state index in [9.17, 15) is 9.59 Å². The summed E-state index contributed by atoms with van der Waals surface area (Å²) in [5.41, 5.74) is 3.74. The summed E-state index contributed by atoms with van der Waals surface area (Å²) in [6.45, 7) is 6.35. The molecule has 1 aliphatic rings. The zero-order chi connectivity index (χ0) is 20.7. The normalized spacial score (nSPS) is 14.6. The topological polar surface area (TPSA) is 65.1 Å². The number of aromatic nitrogens is 4. The maximum absolute atomic E-state index is 13.1. The van der Waals surface area contributed by atoms with E-state index in [0.29, 0.717) is 17.7 Å². The molecule has 2 aromatic heterocycles. The maximum atomic E-state index is 13.1. The summed E-state index contributed by atoms with van der Waals surface area (Å²) in [6, 6.07) is 6.41. The second kappa shape index (κ2) is 7.39. The SMILES string of the molecule is Cc1cc(C)cc(Cn2c(N3CCC=CCC3)nc3c2c(=O)n(C)c(=O)n3C)c1. The predicted molar refractivity (Wildman–Crippen MR) is 116 cm³/mol. The van der Waals surface area contributed by atoms with Gasteiger partial charge in [0.2, 0.25) is 5.95 Å². The van der Waals surface area contributed by atoms with E-state index in [1.54, 1.807) is 7.05 Å². The summed E-state index contributed by atoms with van der Waals surface area (Å²) in [7, 11) is 3.19. The number of anilines is 1. The van der Waals surface area contributed by atoms with E-state index in [1.807, 2.05) is 4.57 Å². The van der Waals surface area contributed by atoms with Crippen molar-refractivity contribution in [1.82, 2.24) is 18.7 Å². The Bertz CT molecular complexity index is 1200. The fraction of sp³-hybridized carbons (Fsp3) is 0.409. The van der Waals surface area contributed by atoms with Crippen LogP contribution in [0.15, 0.2) is 39.9 Å². The summed E-state index contributed by atoms with van der Waals surface area (Å²) in [4.78, 5) is 32.5. The van der Waals surface area contributed by atoms with Crippen LogP contribution in [-0.2, 0) is 20.6 Å². The first-order chi connectivity index (χ1) is 13.9. The summed E-state index contributed by atoms with van der Waals surface area (Å²) >= 11 is 0. The Morgan fingerprint density at radius 2 is 1.55 bits per heavy atom. The monoisotopic (exact) mass is 393 g/mol. The average molecular weight is 393 g/mol. The molecule has 0 saturated carbocycles. The van der Waals surface area contributed by atoms with E-state index in [1.165, 1.54) is 22.7 Å². The molecule has 0 unspecified atom stereocenters. The molecule has 4 rings (SSSR count). The molecule has 0 amide bonds. The van der Waals surface area contributed by atoms with Crippen LogP contribution in [0, 0.1) is 13.8 Å². The van der Waals surface area contributed by atoms with Crippen molar-refractivity contribution in [1.29, 1.82) is 0 Å². The molecule has 0 aliphatic carbocycles. The van der Waals surface area contributed by atoms with Crippen LogP contribution in [0.2, 0.25) is 0 Å². The van der Waals surface area contributed by atoms with Crippen LogP contribution in [0.5, 0.6) is 0 Å². The number of hydrogen-bond acceptors (Lipinski definition) is 4. The van der Waals surface area contributed by atoms with Gasteiger partial charge < -0.3 is 4.90 Å². The standard InChI is InChI=1S/C22H27N5O2/c1-15-11-16(2)13-17(12-15)14-27-18-19(24(3)22(29)25(4)20(18)28)23-21(27)26-9-7-5-6-8-10-26/h5-6,11-13H,7-10,14H2,1-4H3. The fourth-order valence-electron chi connectivity index (χ4n) is 4.18. The van der Waals surface area contributed by atoms with E-state index < -0.39 is 0 Å². The van der Waals surface area contributed by atoms with Crippen molar-refractivity contribution in [2.24, 2.45) is 14.1 Å². The molecule has 0 bridgehead atoms. The fourth-order valence-corrected chi connectivity index (χ4v) is 4.18. The van der Waals surface area contributed by atoms with Gasteiger partial charge in [-0.05, 0) is 32.3 Å². The van der Waals surface area contributed by atoms with Crippen molar-refractivity contribution in [2.75, 3.05) is 18.0 Å². The highest BCUT2D eigenvalue weighted by molar-refractivity contribution is 5.75. The van der Waals surface area contributed by atoms with Crippen molar-refractivity contribution in [3.05, 3.63) is 67.9 Å². The van der Waals surface area contributed by atoms with Crippen molar-refractivity contribution in [2.45, 2.75) is 33.2 Å². The number of fused-ring (bicyclic) bond motifs is 1. The molecule has 152 valence electrons. The summed E-state index contributed by atoms with van der Waals surface area (Å²) in [5.74, 6) is 0.751. The molecule has 0 atom stereocenters. The highest BCUT2D eigenvalue weighted by Crippen LogP contribution is 2.23. The Morgan fingerprint density at radius 3 is 2.17 bits per heavy atom. The number of imidazole rings is 1. The first kappa shape index (κ1) is 19.2. The Labute approximate surface area is 169 Å². The molecule has 1 aromatic carbocycles. The highest BCUT2D eigenvalue weighted by Gasteiger charge is 2.23. The van der Waals surface area contributed by atoms with Gasteiger partial charge in [-0.15, -0.1) is 0 Å². The molecule has 0 radical (unpaired) electrons. The van der Waals surface area contributed by atoms with Crippen LogP contribution in [0.1, 0.15) is 29.5 Å². The predicted octanol–water partition coefficient (Wildman–Crippen LogP) is 2.26. The number of benzene rings is 1. The lowest BCUT2D eigenvalue weighted by molar-refractivity contribution is 0.699. The molecule has 0 N–H and O–H groups in total. The number of aryl methyl sites for hydroxylation is 3. The van der Waals surface area contributed by atoms with Crippen molar-refractivity contribution in [3.8, 4) is 0 Å². The van der Waals surface area contributed by atoms with Crippen LogP contribution in [-0.4, -0.2) is 31.8 Å². The van der Waals surface area contributed by atoms with Gasteiger partial charge >= 0.3 is 5.69 Å². The molecule has 7 nitrogen and oxygen atoms in total. The third-order valence-electron chi connectivity index (χ3n) is 5.53. The molecule has 7 heteroatoms. The van der Waals surface area contributed by atoms with Crippen LogP contribution in [0.3, 0.4) is 0 Å². The molecule has 1 aliphatic heterocycles. The first-order valence-corrected chi connectivity index (χ1v) is 10.00. The molecule has 0 saturated heterocycles. The quantitative estimate of drug-likeness (QED) is 0.641. The molecule has 3 heterocycles. The van der Waals surface area contributed by atoms with Crippen molar-refractivity contribution in [3.63, 3.8) is 0 Å². The average Bonchev–Trinajstić information content (AvgIpc) is 2.85. The lowest BCUT2D eigenvalue weighted by atomic mass is 10.1. The highest BCUT2D eigenvalue weighted by atomic mass is 16.2. The van der Waals surface area contributed by atoms with Crippen LogP contribution in [0.25, 0.3) is 11.2 Å². The summed E-state index contributed by atoms with van der Waals surface area (Å²) in [6.07, 6.45) is 6.24. The minimum Gasteiger partial charge on any atom is -0.342 e. The largest absolute Gasteiger partial charge is 0.342 e. The smallest absolute Gasteiger partial charge is 0.332 e. The maximum Gasteiger partial charge on any atom is 0.332 e.